The number of halogens is 1. The molecule has 0 atom stereocenters. The van der Waals surface area contributed by atoms with Gasteiger partial charge in [-0.2, -0.15) is 5.10 Å². The second kappa shape index (κ2) is 4.89. The lowest BCUT2D eigenvalue weighted by atomic mass is 10.1. The molecule has 0 bridgehead atoms. The molecule has 2 rings (SSSR count). The standard InChI is InChI=1S/C12H14BrN3O/c1-16-12(11(13)10(7-14)15-16)8-3-5-9(17-2)6-4-8/h3-6H,7,14H2,1-2H3. The number of hydrogen-bond donors (Lipinski definition) is 1. The molecule has 0 aliphatic carbocycles. The van der Waals surface area contributed by atoms with Gasteiger partial charge < -0.3 is 10.5 Å². The summed E-state index contributed by atoms with van der Waals surface area (Å²) < 4.78 is 7.92. The molecule has 2 aromatic rings. The summed E-state index contributed by atoms with van der Waals surface area (Å²) in [5.41, 5.74) is 8.59. The second-order valence-corrected chi connectivity index (χ2v) is 4.46. The Morgan fingerprint density at radius 2 is 2.00 bits per heavy atom. The third-order valence-electron chi connectivity index (χ3n) is 2.61. The van der Waals surface area contributed by atoms with E-state index >= 15 is 0 Å². The normalized spacial score (nSPS) is 10.6. The molecule has 0 aliphatic heterocycles. The fourth-order valence-electron chi connectivity index (χ4n) is 1.75. The molecule has 17 heavy (non-hydrogen) atoms. The van der Waals surface area contributed by atoms with Gasteiger partial charge in [-0.3, -0.25) is 4.68 Å². The van der Waals surface area contributed by atoms with Gasteiger partial charge in [0, 0.05) is 19.2 Å². The SMILES string of the molecule is COc1ccc(-c2c(Br)c(CN)nn2C)cc1. The largest absolute Gasteiger partial charge is 0.497 e. The number of rotatable bonds is 3. The molecule has 0 unspecified atom stereocenters. The van der Waals surface area contributed by atoms with Crippen LogP contribution in [0.2, 0.25) is 0 Å². The molecular formula is C12H14BrN3O. The highest BCUT2D eigenvalue weighted by atomic mass is 79.9. The molecule has 0 spiro atoms. The molecule has 90 valence electrons. The van der Waals surface area contributed by atoms with Crippen LogP contribution in [0, 0.1) is 0 Å². The second-order valence-electron chi connectivity index (χ2n) is 3.67. The molecule has 0 saturated heterocycles. The first-order chi connectivity index (χ1) is 8.17. The molecule has 4 nitrogen and oxygen atoms in total. The average molecular weight is 296 g/mol. The minimum Gasteiger partial charge on any atom is -0.497 e. The van der Waals surface area contributed by atoms with Gasteiger partial charge in [-0.1, -0.05) is 0 Å². The van der Waals surface area contributed by atoms with Gasteiger partial charge in [0.25, 0.3) is 0 Å². The zero-order chi connectivity index (χ0) is 12.4. The Bertz CT molecular complexity index is 519. The highest BCUT2D eigenvalue weighted by Gasteiger charge is 2.14. The van der Waals surface area contributed by atoms with Gasteiger partial charge in [0.15, 0.2) is 0 Å². The summed E-state index contributed by atoms with van der Waals surface area (Å²) in [6.07, 6.45) is 0. The first kappa shape index (κ1) is 12.1. The van der Waals surface area contributed by atoms with E-state index in [4.69, 9.17) is 10.5 Å². The number of methoxy groups -OCH3 is 1. The number of aromatic nitrogens is 2. The van der Waals surface area contributed by atoms with Crippen LogP contribution in [0.3, 0.4) is 0 Å². The van der Waals surface area contributed by atoms with Crippen molar-refractivity contribution in [3.05, 3.63) is 34.4 Å². The molecule has 0 radical (unpaired) electrons. The molecule has 0 fully saturated rings. The van der Waals surface area contributed by atoms with Crippen LogP contribution >= 0.6 is 15.9 Å². The van der Waals surface area contributed by atoms with Crippen LogP contribution in [0.5, 0.6) is 5.75 Å². The molecule has 1 heterocycles. The zero-order valence-corrected chi connectivity index (χ0v) is 11.4. The Hall–Kier alpha value is -1.33. The van der Waals surface area contributed by atoms with Gasteiger partial charge in [0.1, 0.15) is 5.75 Å². The third-order valence-corrected chi connectivity index (χ3v) is 3.45. The predicted octanol–water partition coefficient (Wildman–Crippen LogP) is 2.32. The van der Waals surface area contributed by atoms with Crippen LogP contribution in [0.25, 0.3) is 11.3 Å². The number of ether oxygens (including phenoxy) is 1. The highest BCUT2D eigenvalue weighted by Crippen LogP contribution is 2.31. The van der Waals surface area contributed by atoms with Crippen molar-refractivity contribution in [3.63, 3.8) is 0 Å². The Kier molecular flexibility index (Phi) is 3.49. The van der Waals surface area contributed by atoms with Crippen molar-refractivity contribution >= 4 is 15.9 Å². The fourth-order valence-corrected chi connectivity index (χ4v) is 2.47. The van der Waals surface area contributed by atoms with E-state index in [0.29, 0.717) is 6.54 Å². The lowest BCUT2D eigenvalue weighted by molar-refractivity contribution is 0.415. The van der Waals surface area contributed by atoms with E-state index in [1.54, 1.807) is 7.11 Å². The van der Waals surface area contributed by atoms with E-state index in [1.807, 2.05) is 36.0 Å². The number of nitrogens with two attached hydrogens (primary N) is 1. The molecule has 1 aromatic carbocycles. The van der Waals surface area contributed by atoms with Crippen molar-refractivity contribution < 1.29 is 4.74 Å². The Labute approximate surface area is 109 Å². The maximum Gasteiger partial charge on any atom is 0.118 e. The quantitative estimate of drug-likeness (QED) is 0.945. The Morgan fingerprint density at radius 1 is 1.35 bits per heavy atom. The van der Waals surface area contributed by atoms with E-state index in [9.17, 15) is 0 Å². The summed E-state index contributed by atoms with van der Waals surface area (Å²) >= 11 is 3.54. The van der Waals surface area contributed by atoms with Crippen molar-refractivity contribution in [2.24, 2.45) is 12.8 Å². The molecule has 5 heteroatoms. The smallest absolute Gasteiger partial charge is 0.118 e. The summed E-state index contributed by atoms with van der Waals surface area (Å²) in [5, 5.41) is 4.36. The minimum absolute atomic E-state index is 0.421. The molecular weight excluding hydrogens is 282 g/mol. The van der Waals surface area contributed by atoms with E-state index < -0.39 is 0 Å². The first-order valence-corrected chi connectivity index (χ1v) is 6.02. The van der Waals surface area contributed by atoms with Gasteiger partial charge in [0.05, 0.1) is 23.0 Å². The zero-order valence-electron chi connectivity index (χ0n) is 9.77. The average Bonchev–Trinajstić information content (AvgIpc) is 2.64. The van der Waals surface area contributed by atoms with E-state index in [2.05, 4.69) is 21.0 Å². The summed E-state index contributed by atoms with van der Waals surface area (Å²) in [6.45, 7) is 0.421. The van der Waals surface area contributed by atoms with Gasteiger partial charge in [-0.25, -0.2) is 0 Å². The van der Waals surface area contributed by atoms with Gasteiger partial charge >= 0.3 is 0 Å². The van der Waals surface area contributed by atoms with Crippen LogP contribution in [-0.4, -0.2) is 16.9 Å². The highest BCUT2D eigenvalue weighted by molar-refractivity contribution is 9.10. The summed E-state index contributed by atoms with van der Waals surface area (Å²) in [7, 11) is 3.56. The Balaban J connectivity index is 2.48. The number of nitrogens with zero attached hydrogens (tertiary/aromatic N) is 2. The van der Waals surface area contributed by atoms with Gasteiger partial charge in [-0.05, 0) is 40.2 Å². The van der Waals surface area contributed by atoms with Crippen molar-refractivity contribution in [1.82, 2.24) is 9.78 Å². The third kappa shape index (κ3) is 2.21. The van der Waals surface area contributed by atoms with Crippen molar-refractivity contribution in [2.75, 3.05) is 7.11 Å². The van der Waals surface area contributed by atoms with Crippen molar-refractivity contribution in [2.45, 2.75) is 6.54 Å². The van der Waals surface area contributed by atoms with Crippen molar-refractivity contribution in [3.8, 4) is 17.0 Å². The van der Waals surface area contributed by atoms with E-state index in [0.717, 1.165) is 27.2 Å². The molecule has 0 amide bonds. The summed E-state index contributed by atoms with van der Waals surface area (Å²) in [6, 6.07) is 7.86. The lowest BCUT2D eigenvalue weighted by Gasteiger charge is -2.04. The minimum atomic E-state index is 0.421. The maximum absolute atomic E-state index is 5.63. The number of benzene rings is 1. The molecule has 1 aromatic heterocycles. The van der Waals surface area contributed by atoms with Crippen LogP contribution in [0.15, 0.2) is 28.7 Å². The lowest BCUT2D eigenvalue weighted by Crippen LogP contribution is -1.99. The summed E-state index contributed by atoms with van der Waals surface area (Å²) in [5.74, 6) is 0.839. The van der Waals surface area contributed by atoms with Crippen molar-refractivity contribution in [1.29, 1.82) is 0 Å². The number of hydrogen-bond acceptors (Lipinski definition) is 3. The monoisotopic (exact) mass is 295 g/mol. The predicted molar refractivity (Wildman–Crippen MR) is 70.8 cm³/mol. The van der Waals surface area contributed by atoms with Crippen LogP contribution < -0.4 is 10.5 Å². The Morgan fingerprint density at radius 3 is 2.47 bits per heavy atom. The topological polar surface area (TPSA) is 53.1 Å². The summed E-state index contributed by atoms with van der Waals surface area (Å²) in [4.78, 5) is 0. The molecule has 2 N–H and O–H groups in total. The van der Waals surface area contributed by atoms with E-state index in [-0.39, 0.29) is 0 Å². The van der Waals surface area contributed by atoms with Gasteiger partial charge in [-0.15, -0.1) is 0 Å². The van der Waals surface area contributed by atoms with Crippen LogP contribution in [0.1, 0.15) is 5.69 Å². The number of aryl methyl sites for hydroxylation is 1. The van der Waals surface area contributed by atoms with Crippen LogP contribution in [0.4, 0.5) is 0 Å². The van der Waals surface area contributed by atoms with Crippen LogP contribution in [-0.2, 0) is 13.6 Å². The fraction of sp³-hybridized carbons (Fsp3) is 0.250. The molecule has 0 aliphatic rings. The maximum atomic E-state index is 5.63. The first-order valence-electron chi connectivity index (χ1n) is 5.23. The molecule has 0 saturated carbocycles. The van der Waals surface area contributed by atoms with E-state index in [1.165, 1.54) is 0 Å². The van der Waals surface area contributed by atoms with Gasteiger partial charge in [0.2, 0.25) is 0 Å².